The summed E-state index contributed by atoms with van der Waals surface area (Å²) in [6, 6.07) is 3.66. The van der Waals surface area contributed by atoms with Crippen LogP contribution < -0.4 is 15.2 Å². The van der Waals surface area contributed by atoms with Crippen LogP contribution in [-0.4, -0.2) is 21.3 Å². The third-order valence-corrected chi connectivity index (χ3v) is 2.42. The molecule has 0 heterocycles. The fraction of sp³-hybridized carbons (Fsp3) is 0.500. The molecule has 0 saturated carbocycles. The highest BCUT2D eigenvalue weighted by atomic mass is 16.5. The van der Waals surface area contributed by atoms with Crippen LogP contribution in [0.2, 0.25) is 0 Å². The molecule has 0 radical (unpaired) electrons. The van der Waals surface area contributed by atoms with E-state index >= 15 is 0 Å². The topological polar surface area (TPSA) is 53.7 Å². The molecule has 0 bridgehead atoms. The molecule has 1 rings (SSSR count). The Labute approximate surface area is 96.3 Å². The maximum atomic E-state index is 5.93. The summed E-state index contributed by atoms with van der Waals surface area (Å²) in [6.07, 6.45) is 0. The van der Waals surface area contributed by atoms with Crippen molar-refractivity contribution < 1.29 is 14.2 Å². The second-order valence-corrected chi connectivity index (χ2v) is 3.60. The van der Waals surface area contributed by atoms with E-state index in [4.69, 9.17) is 19.9 Å². The summed E-state index contributed by atoms with van der Waals surface area (Å²) in [7, 11) is 4.89. The zero-order valence-electron chi connectivity index (χ0n) is 10.2. The van der Waals surface area contributed by atoms with E-state index in [1.54, 1.807) is 21.3 Å². The molecule has 1 aromatic carbocycles. The Morgan fingerprint density at radius 1 is 1.19 bits per heavy atom. The van der Waals surface area contributed by atoms with Gasteiger partial charge in [0, 0.05) is 18.7 Å². The molecular weight excluding hydrogens is 206 g/mol. The highest BCUT2D eigenvalue weighted by molar-refractivity contribution is 5.51. The first-order chi connectivity index (χ1) is 7.65. The van der Waals surface area contributed by atoms with Crippen molar-refractivity contribution in [2.45, 2.75) is 19.6 Å². The Morgan fingerprint density at radius 2 is 1.88 bits per heavy atom. The predicted octanol–water partition coefficient (Wildman–Crippen LogP) is 1.87. The van der Waals surface area contributed by atoms with Gasteiger partial charge in [-0.1, -0.05) is 0 Å². The van der Waals surface area contributed by atoms with Gasteiger partial charge in [-0.05, 0) is 19.1 Å². The maximum absolute atomic E-state index is 5.93. The number of benzene rings is 1. The Balaban J connectivity index is 3.31. The molecule has 0 aromatic heterocycles. The highest BCUT2D eigenvalue weighted by Gasteiger charge is 2.17. The minimum absolute atomic E-state index is 0.151. The van der Waals surface area contributed by atoms with Gasteiger partial charge in [-0.15, -0.1) is 0 Å². The van der Waals surface area contributed by atoms with Gasteiger partial charge in [0.25, 0.3) is 0 Å². The van der Waals surface area contributed by atoms with Crippen LogP contribution in [0.1, 0.15) is 24.1 Å². The molecule has 2 N–H and O–H groups in total. The Hall–Kier alpha value is -1.26. The first-order valence-electron chi connectivity index (χ1n) is 5.14. The molecule has 16 heavy (non-hydrogen) atoms. The SMILES string of the molecule is COCc1ccc(OC)c(C(C)N)c1OC. The van der Waals surface area contributed by atoms with Crippen LogP contribution in [0.25, 0.3) is 0 Å². The van der Waals surface area contributed by atoms with Gasteiger partial charge < -0.3 is 19.9 Å². The second kappa shape index (κ2) is 5.72. The van der Waals surface area contributed by atoms with Crippen LogP contribution in [0, 0.1) is 0 Å². The van der Waals surface area contributed by atoms with E-state index in [-0.39, 0.29) is 6.04 Å². The van der Waals surface area contributed by atoms with E-state index in [0.29, 0.717) is 6.61 Å². The number of hydrogen-bond donors (Lipinski definition) is 1. The van der Waals surface area contributed by atoms with Gasteiger partial charge in [0.05, 0.1) is 26.4 Å². The van der Waals surface area contributed by atoms with Crippen molar-refractivity contribution in [3.63, 3.8) is 0 Å². The fourth-order valence-corrected chi connectivity index (χ4v) is 1.75. The molecule has 1 aromatic rings. The average Bonchev–Trinajstić information content (AvgIpc) is 2.28. The fourth-order valence-electron chi connectivity index (χ4n) is 1.75. The van der Waals surface area contributed by atoms with Crippen molar-refractivity contribution in [1.82, 2.24) is 0 Å². The third-order valence-electron chi connectivity index (χ3n) is 2.42. The summed E-state index contributed by atoms with van der Waals surface area (Å²) in [5.74, 6) is 1.49. The maximum Gasteiger partial charge on any atom is 0.132 e. The van der Waals surface area contributed by atoms with E-state index < -0.39 is 0 Å². The first-order valence-corrected chi connectivity index (χ1v) is 5.14. The van der Waals surface area contributed by atoms with E-state index in [1.807, 2.05) is 19.1 Å². The Bertz CT molecular complexity index is 350. The standard InChI is InChI=1S/C12H19NO3/c1-8(13)11-10(15-3)6-5-9(7-14-2)12(11)16-4/h5-6,8H,7,13H2,1-4H3. The summed E-state index contributed by atoms with van der Waals surface area (Å²) in [6.45, 7) is 2.39. The third kappa shape index (κ3) is 2.46. The van der Waals surface area contributed by atoms with Crippen LogP contribution >= 0.6 is 0 Å². The number of rotatable bonds is 5. The molecule has 4 nitrogen and oxygen atoms in total. The Morgan fingerprint density at radius 3 is 2.31 bits per heavy atom. The molecule has 0 saturated heterocycles. The van der Waals surface area contributed by atoms with E-state index in [9.17, 15) is 0 Å². The molecule has 1 atom stereocenters. The first kappa shape index (κ1) is 12.8. The summed E-state index contributed by atoms with van der Waals surface area (Å²) in [4.78, 5) is 0. The quantitative estimate of drug-likeness (QED) is 0.831. The van der Waals surface area contributed by atoms with Crippen molar-refractivity contribution in [2.24, 2.45) is 5.73 Å². The monoisotopic (exact) mass is 225 g/mol. The van der Waals surface area contributed by atoms with Crippen molar-refractivity contribution in [2.75, 3.05) is 21.3 Å². The molecule has 0 aliphatic rings. The molecule has 0 aliphatic heterocycles. The summed E-state index contributed by atoms with van der Waals surface area (Å²) in [5.41, 5.74) is 7.78. The Kier molecular flexibility index (Phi) is 4.58. The molecule has 1 unspecified atom stereocenters. The average molecular weight is 225 g/mol. The molecular formula is C12H19NO3. The molecule has 0 aliphatic carbocycles. The molecule has 0 fully saturated rings. The van der Waals surface area contributed by atoms with Crippen molar-refractivity contribution >= 4 is 0 Å². The molecule has 0 spiro atoms. The zero-order chi connectivity index (χ0) is 12.1. The second-order valence-electron chi connectivity index (χ2n) is 3.60. The van der Waals surface area contributed by atoms with Gasteiger partial charge in [0.1, 0.15) is 11.5 Å². The number of methoxy groups -OCH3 is 3. The van der Waals surface area contributed by atoms with Gasteiger partial charge in [-0.3, -0.25) is 0 Å². The lowest BCUT2D eigenvalue weighted by Gasteiger charge is -2.18. The molecule has 4 heteroatoms. The number of ether oxygens (including phenoxy) is 3. The normalized spacial score (nSPS) is 12.3. The van der Waals surface area contributed by atoms with Gasteiger partial charge in [0.2, 0.25) is 0 Å². The number of hydrogen-bond acceptors (Lipinski definition) is 4. The molecule has 0 amide bonds. The summed E-state index contributed by atoms with van der Waals surface area (Å²) >= 11 is 0. The van der Waals surface area contributed by atoms with Gasteiger partial charge in [-0.2, -0.15) is 0 Å². The van der Waals surface area contributed by atoms with Gasteiger partial charge in [0.15, 0.2) is 0 Å². The minimum Gasteiger partial charge on any atom is -0.496 e. The summed E-state index contributed by atoms with van der Waals surface area (Å²) < 4.78 is 15.8. The van der Waals surface area contributed by atoms with Gasteiger partial charge >= 0.3 is 0 Å². The van der Waals surface area contributed by atoms with Crippen LogP contribution in [0.4, 0.5) is 0 Å². The van der Waals surface area contributed by atoms with Crippen molar-refractivity contribution in [3.05, 3.63) is 23.3 Å². The lowest BCUT2D eigenvalue weighted by atomic mass is 10.0. The van der Waals surface area contributed by atoms with E-state index in [2.05, 4.69) is 0 Å². The van der Waals surface area contributed by atoms with Crippen LogP contribution in [0.5, 0.6) is 11.5 Å². The van der Waals surface area contributed by atoms with Crippen LogP contribution in [0.3, 0.4) is 0 Å². The van der Waals surface area contributed by atoms with E-state index in [0.717, 1.165) is 22.6 Å². The summed E-state index contributed by atoms with van der Waals surface area (Å²) in [5, 5.41) is 0. The molecule has 90 valence electrons. The van der Waals surface area contributed by atoms with Crippen molar-refractivity contribution in [1.29, 1.82) is 0 Å². The smallest absolute Gasteiger partial charge is 0.132 e. The van der Waals surface area contributed by atoms with Crippen LogP contribution in [0.15, 0.2) is 12.1 Å². The lowest BCUT2D eigenvalue weighted by Crippen LogP contribution is -2.10. The zero-order valence-corrected chi connectivity index (χ0v) is 10.2. The number of nitrogens with two attached hydrogens (primary N) is 1. The van der Waals surface area contributed by atoms with Crippen LogP contribution in [-0.2, 0) is 11.3 Å². The lowest BCUT2D eigenvalue weighted by molar-refractivity contribution is 0.181. The predicted molar refractivity (Wildman–Crippen MR) is 62.9 cm³/mol. The van der Waals surface area contributed by atoms with E-state index in [1.165, 1.54) is 0 Å². The highest BCUT2D eigenvalue weighted by Crippen LogP contribution is 2.36. The minimum atomic E-state index is -0.151. The van der Waals surface area contributed by atoms with Crippen molar-refractivity contribution in [3.8, 4) is 11.5 Å². The largest absolute Gasteiger partial charge is 0.496 e. The van der Waals surface area contributed by atoms with Gasteiger partial charge in [-0.25, -0.2) is 0 Å².